The van der Waals surface area contributed by atoms with Crippen molar-refractivity contribution in [1.29, 1.82) is 10.5 Å². The quantitative estimate of drug-likeness (QED) is 0.352. The van der Waals surface area contributed by atoms with Gasteiger partial charge in [0.1, 0.15) is 32.7 Å². The van der Waals surface area contributed by atoms with Gasteiger partial charge in [0.15, 0.2) is 0 Å². The molecule has 4 rings (SSSR count). The molecule has 0 spiro atoms. The maximum absolute atomic E-state index is 13.1. The Kier molecular flexibility index (Phi) is 6.83. The lowest BCUT2D eigenvalue weighted by atomic mass is 9.97. The molecule has 0 saturated carbocycles. The summed E-state index contributed by atoms with van der Waals surface area (Å²) < 4.78 is 1.40. The highest BCUT2D eigenvalue weighted by Crippen LogP contribution is 2.33. The first kappa shape index (κ1) is 25.2. The Balaban J connectivity index is 1.76. The second-order valence-electron chi connectivity index (χ2n) is 8.72. The van der Waals surface area contributed by atoms with Crippen molar-refractivity contribution in [2.45, 2.75) is 32.7 Å². The van der Waals surface area contributed by atoms with Gasteiger partial charge in [-0.25, -0.2) is 9.97 Å². The summed E-state index contributed by atoms with van der Waals surface area (Å²) in [7, 11) is 0. The van der Waals surface area contributed by atoms with E-state index in [2.05, 4.69) is 38.2 Å². The van der Waals surface area contributed by atoms with Crippen molar-refractivity contribution >= 4 is 44.9 Å². The van der Waals surface area contributed by atoms with Crippen LogP contribution in [0.15, 0.2) is 54.0 Å². The average molecular weight is 511 g/mol. The number of hydrogen-bond donors (Lipinski definition) is 2. The Hall–Kier alpha value is -4.87. The number of hydrogen-bond acceptors (Lipinski definition) is 9. The van der Waals surface area contributed by atoms with Crippen molar-refractivity contribution in [3.63, 3.8) is 0 Å². The number of aromatic nitrogens is 4. The van der Waals surface area contributed by atoms with Crippen molar-refractivity contribution in [2.75, 3.05) is 10.6 Å². The van der Waals surface area contributed by atoms with Crippen LogP contribution in [0.4, 0.5) is 16.6 Å². The van der Waals surface area contributed by atoms with Crippen molar-refractivity contribution in [2.24, 2.45) is 0 Å². The summed E-state index contributed by atoms with van der Waals surface area (Å²) in [5, 5.41) is 26.6. The highest BCUT2D eigenvalue weighted by Gasteiger charge is 2.25. The van der Waals surface area contributed by atoms with E-state index in [0.717, 1.165) is 5.56 Å². The molecule has 0 aliphatic carbocycles. The number of amides is 1. The van der Waals surface area contributed by atoms with Crippen LogP contribution in [-0.2, 0) is 16.8 Å². The number of rotatable bonds is 7. The van der Waals surface area contributed by atoms with E-state index >= 15 is 0 Å². The molecule has 184 valence electrons. The molecule has 0 aliphatic heterocycles. The Morgan fingerprint density at radius 2 is 2.05 bits per heavy atom. The zero-order valence-electron chi connectivity index (χ0n) is 20.4. The molecule has 4 aromatic rings. The second-order valence-corrected chi connectivity index (χ2v) is 9.72. The van der Waals surface area contributed by atoms with Gasteiger partial charge in [-0.3, -0.25) is 14.2 Å². The monoisotopic (exact) mass is 510 g/mol. The van der Waals surface area contributed by atoms with E-state index < -0.39 is 11.0 Å². The molecular formula is C26H22N8O2S. The standard InChI is InChI=1S/C26H22N8O2S/c1-5-20(35)31-19-8-6-7-16(9-19)13-34-21-18(10-17(11-27)23(34)36)12-29-25(32-21)33-22-15(2)30-24(37-22)26(3,4)14-28/h5-10,12H,1,13H2,2-4H3,(H,31,35)(H,29,32,33). The van der Waals surface area contributed by atoms with Crippen molar-refractivity contribution in [3.05, 3.63) is 81.4 Å². The molecule has 11 heteroatoms. The molecule has 0 radical (unpaired) electrons. The third-order valence-electron chi connectivity index (χ3n) is 5.50. The molecule has 0 fully saturated rings. The summed E-state index contributed by atoms with van der Waals surface area (Å²) in [5.41, 5.74) is 1.03. The summed E-state index contributed by atoms with van der Waals surface area (Å²) in [6, 6.07) is 12.7. The highest BCUT2D eigenvalue weighted by molar-refractivity contribution is 7.16. The van der Waals surface area contributed by atoms with E-state index in [4.69, 9.17) is 0 Å². The third-order valence-corrected chi connectivity index (χ3v) is 6.90. The Bertz CT molecular complexity index is 1690. The number of pyridine rings is 1. The van der Waals surface area contributed by atoms with E-state index in [-0.39, 0.29) is 24.0 Å². The number of thiazole rings is 1. The second kappa shape index (κ2) is 10.0. The smallest absolute Gasteiger partial charge is 0.270 e. The molecule has 1 aromatic carbocycles. The van der Waals surface area contributed by atoms with Gasteiger partial charge in [-0.05, 0) is 50.6 Å². The number of carbonyl (C=O) groups excluding carboxylic acids is 1. The summed E-state index contributed by atoms with van der Waals surface area (Å²) in [4.78, 5) is 38.3. The Labute approximate surface area is 216 Å². The van der Waals surface area contributed by atoms with E-state index in [1.54, 1.807) is 44.3 Å². The predicted molar refractivity (Wildman–Crippen MR) is 142 cm³/mol. The molecule has 0 unspecified atom stereocenters. The minimum absolute atomic E-state index is 0.0328. The molecule has 0 aliphatic rings. The number of nitrogens with one attached hydrogen (secondary N) is 2. The maximum Gasteiger partial charge on any atom is 0.270 e. The molecule has 2 N–H and O–H groups in total. The maximum atomic E-state index is 13.1. The first-order valence-electron chi connectivity index (χ1n) is 11.1. The minimum atomic E-state index is -0.743. The number of benzene rings is 1. The number of anilines is 3. The number of fused-ring (bicyclic) bond motifs is 1. The lowest BCUT2D eigenvalue weighted by Gasteiger charge is -2.13. The van der Waals surface area contributed by atoms with Crippen LogP contribution in [0.1, 0.15) is 35.7 Å². The van der Waals surface area contributed by atoms with E-state index in [1.165, 1.54) is 28.0 Å². The van der Waals surface area contributed by atoms with Crippen LogP contribution in [-0.4, -0.2) is 25.4 Å². The van der Waals surface area contributed by atoms with Crippen molar-refractivity contribution < 1.29 is 4.79 Å². The SMILES string of the molecule is C=CC(=O)Nc1cccc(Cn2c(=O)c(C#N)cc3cnc(Nc4sc(C(C)(C)C#N)nc4C)nc32)c1. The summed E-state index contributed by atoms with van der Waals surface area (Å²) >= 11 is 1.34. The predicted octanol–water partition coefficient (Wildman–Crippen LogP) is 4.15. The van der Waals surface area contributed by atoms with Crippen LogP contribution in [0.5, 0.6) is 0 Å². The fourth-order valence-electron chi connectivity index (χ4n) is 3.50. The molecule has 3 heterocycles. The van der Waals surface area contributed by atoms with Crippen LogP contribution < -0.4 is 16.2 Å². The summed E-state index contributed by atoms with van der Waals surface area (Å²) in [5.74, 6) is -0.111. The fraction of sp³-hybridized carbons (Fsp3) is 0.192. The van der Waals surface area contributed by atoms with Crippen LogP contribution in [0.25, 0.3) is 11.0 Å². The first-order chi connectivity index (χ1) is 17.6. The molecular weight excluding hydrogens is 488 g/mol. The minimum Gasteiger partial charge on any atom is -0.323 e. The van der Waals surface area contributed by atoms with Gasteiger partial charge in [0.05, 0.1) is 18.3 Å². The third kappa shape index (κ3) is 5.22. The molecule has 10 nitrogen and oxygen atoms in total. The van der Waals surface area contributed by atoms with Gasteiger partial charge in [-0.1, -0.05) is 30.0 Å². The van der Waals surface area contributed by atoms with Crippen LogP contribution in [0.3, 0.4) is 0 Å². The van der Waals surface area contributed by atoms with Gasteiger partial charge in [-0.2, -0.15) is 15.5 Å². The molecule has 1 amide bonds. The number of nitrogens with zero attached hydrogens (tertiary/aromatic N) is 6. The Morgan fingerprint density at radius 1 is 1.27 bits per heavy atom. The van der Waals surface area contributed by atoms with Gasteiger partial charge in [0.25, 0.3) is 5.56 Å². The summed E-state index contributed by atoms with van der Waals surface area (Å²) in [6.45, 7) is 8.97. The van der Waals surface area contributed by atoms with E-state index in [1.807, 2.05) is 13.0 Å². The largest absolute Gasteiger partial charge is 0.323 e. The number of carbonyl (C=O) groups is 1. The van der Waals surface area contributed by atoms with Crippen LogP contribution >= 0.6 is 11.3 Å². The van der Waals surface area contributed by atoms with E-state index in [0.29, 0.717) is 32.4 Å². The fourth-order valence-corrected chi connectivity index (χ4v) is 4.51. The van der Waals surface area contributed by atoms with Crippen molar-refractivity contribution in [1.82, 2.24) is 19.5 Å². The first-order valence-corrected chi connectivity index (χ1v) is 12.0. The zero-order chi connectivity index (χ0) is 26.7. The van der Waals surface area contributed by atoms with Gasteiger partial charge in [0.2, 0.25) is 11.9 Å². The molecule has 3 aromatic heterocycles. The average Bonchev–Trinajstić information content (AvgIpc) is 3.26. The highest BCUT2D eigenvalue weighted by atomic mass is 32.1. The summed E-state index contributed by atoms with van der Waals surface area (Å²) in [6.07, 6.45) is 2.71. The van der Waals surface area contributed by atoms with Gasteiger partial charge in [-0.15, -0.1) is 0 Å². The van der Waals surface area contributed by atoms with Gasteiger partial charge >= 0.3 is 0 Å². The number of nitriles is 2. The van der Waals surface area contributed by atoms with E-state index in [9.17, 15) is 20.1 Å². The zero-order valence-corrected chi connectivity index (χ0v) is 21.2. The lowest BCUT2D eigenvalue weighted by molar-refractivity contribution is -0.111. The normalized spacial score (nSPS) is 10.9. The Morgan fingerprint density at radius 3 is 2.76 bits per heavy atom. The van der Waals surface area contributed by atoms with Crippen LogP contribution in [0.2, 0.25) is 0 Å². The van der Waals surface area contributed by atoms with Gasteiger partial charge in [0, 0.05) is 17.3 Å². The number of aryl methyl sites for hydroxylation is 1. The van der Waals surface area contributed by atoms with Gasteiger partial charge < -0.3 is 10.6 Å². The molecule has 37 heavy (non-hydrogen) atoms. The van der Waals surface area contributed by atoms with Crippen LogP contribution in [0, 0.1) is 29.6 Å². The molecule has 0 saturated heterocycles. The molecule has 0 atom stereocenters. The lowest BCUT2D eigenvalue weighted by Crippen LogP contribution is -2.24. The molecule has 0 bridgehead atoms. The topological polar surface area (TPSA) is 149 Å². The van der Waals surface area contributed by atoms with Crippen molar-refractivity contribution in [3.8, 4) is 12.1 Å².